The molecular formula is C13H19F3N2O3. The Morgan fingerprint density at radius 1 is 1.14 bits per heavy atom. The molecule has 2 saturated heterocycles. The standard InChI is InChI=1S/C13H19F3N2O3/c1-12(2,3)9-4-7-5-17(10(19)13(14,15)16)6-8(7)18(9)11(20)21/h7-9H,4-6H2,1-3H3,(H,20,21)/t7-,8+,9?/m1/s1. The number of nitrogens with zero attached hydrogens (tertiary/aromatic N) is 2. The number of alkyl halides is 3. The molecule has 2 heterocycles. The molecule has 120 valence electrons. The van der Waals surface area contributed by atoms with E-state index in [0.717, 1.165) is 4.90 Å². The third-order valence-electron chi connectivity index (χ3n) is 4.38. The Morgan fingerprint density at radius 3 is 2.14 bits per heavy atom. The van der Waals surface area contributed by atoms with E-state index in [1.165, 1.54) is 4.90 Å². The van der Waals surface area contributed by atoms with Gasteiger partial charge in [0.05, 0.1) is 6.04 Å². The van der Waals surface area contributed by atoms with Gasteiger partial charge in [0.25, 0.3) is 0 Å². The van der Waals surface area contributed by atoms with E-state index in [1.54, 1.807) is 0 Å². The molecule has 0 spiro atoms. The first kappa shape index (κ1) is 15.9. The number of hydrogen-bond acceptors (Lipinski definition) is 2. The van der Waals surface area contributed by atoms with Crippen molar-refractivity contribution in [3.63, 3.8) is 0 Å². The number of carbonyl (C=O) groups excluding carboxylic acids is 1. The van der Waals surface area contributed by atoms with Gasteiger partial charge in [-0.05, 0) is 11.8 Å². The van der Waals surface area contributed by atoms with Crippen LogP contribution >= 0.6 is 0 Å². The van der Waals surface area contributed by atoms with Crippen LogP contribution in [0, 0.1) is 11.3 Å². The van der Waals surface area contributed by atoms with Crippen LogP contribution in [0.4, 0.5) is 18.0 Å². The maximum Gasteiger partial charge on any atom is 0.471 e. The third-order valence-corrected chi connectivity index (χ3v) is 4.38. The summed E-state index contributed by atoms with van der Waals surface area (Å²) in [4.78, 5) is 24.7. The van der Waals surface area contributed by atoms with Gasteiger partial charge in [0.2, 0.25) is 0 Å². The van der Waals surface area contributed by atoms with Crippen molar-refractivity contribution in [2.45, 2.75) is 45.5 Å². The SMILES string of the molecule is CC(C)(C)C1C[C@@H]2CN(C(=O)C(F)(F)F)C[C@@H]2N1C(=O)O. The first-order valence-corrected chi connectivity index (χ1v) is 6.80. The van der Waals surface area contributed by atoms with Crippen LogP contribution in [0.15, 0.2) is 0 Å². The number of hydrogen-bond donors (Lipinski definition) is 1. The lowest BCUT2D eigenvalue weighted by atomic mass is 9.84. The summed E-state index contributed by atoms with van der Waals surface area (Å²) < 4.78 is 37.4. The summed E-state index contributed by atoms with van der Waals surface area (Å²) in [6.45, 7) is 5.52. The molecule has 0 bridgehead atoms. The molecule has 2 aliphatic heterocycles. The summed E-state index contributed by atoms with van der Waals surface area (Å²) >= 11 is 0. The van der Waals surface area contributed by atoms with Gasteiger partial charge in [-0.15, -0.1) is 0 Å². The molecule has 2 fully saturated rings. The molecule has 0 saturated carbocycles. The minimum atomic E-state index is -4.91. The highest BCUT2D eigenvalue weighted by molar-refractivity contribution is 5.82. The molecule has 1 N–H and O–H groups in total. The molecule has 8 heteroatoms. The second kappa shape index (κ2) is 4.78. The Labute approximate surface area is 120 Å². The van der Waals surface area contributed by atoms with E-state index in [0.29, 0.717) is 6.42 Å². The van der Waals surface area contributed by atoms with Gasteiger partial charge in [0.15, 0.2) is 0 Å². The van der Waals surface area contributed by atoms with E-state index in [2.05, 4.69) is 0 Å². The first-order valence-electron chi connectivity index (χ1n) is 6.80. The molecular weight excluding hydrogens is 289 g/mol. The fourth-order valence-corrected chi connectivity index (χ4v) is 3.42. The second-order valence-corrected chi connectivity index (χ2v) is 6.84. The van der Waals surface area contributed by atoms with Crippen LogP contribution in [0.2, 0.25) is 0 Å². The van der Waals surface area contributed by atoms with Gasteiger partial charge in [-0.2, -0.15) is 13.2 Å². The lowest BCUT2D eigenvalue weighted by Gasteiger charge is -2.36. The van der Waals surface area contributed by atoms with Crippen molar-refractivity contribution in [3.05, 3.63) is 0 Å². The summed E-state index contributed by atoms with van der Waals surface area (Å²) in [5.41, 5.74) is -0.290. The van der Waals surface area contributed by atoms with Crippen molar-refractivity contribution in [1.29, 1.82) is 0 Å². The predicted octanol–water partition coefficient (Wildman–Crippen LogP) is 2.17. The Hall–Kier alpha value is -1.47. The highest BCUT2D eigenvalue weighted by atomic mass is 19.4. The van der Waals surface area contributed by atoms with Gasteiger partial charge in [0, 0.05) is 25.0 Å². The minimum Gasteiger partial charge on any atom is -0.465 e. The molecule has 0 aliphatic carbocycles. The van der Waals surface area contributed by atoms with E-state index < -0.39 is 24.2 Å². The fourth-order valence-electron chi connectivity index (χ4n) is 3.42. The Kier molecular flexibility index (Phi) is 3.62. The average Bonchev–Trinajstić information content (AvgIpc) is 2.80. The number of halogens is 3. The van der Waals surface area contributed by atoms with Gasteiger partial charge in [-0.1, -0.05) is 20.8 Å². The summed E-state index contributed by atoms with van der Waals surface area (Å²) in [7, 11) is 0. The van der Waals surface area contributed by atoms with E-state index in [-0.39, 0.29) is 30.5 Å². The number of carbonyl (C=O) groups is 2. The monoisotopic (exact) mass is 308 g/mol. The van der Waals surface area contributed by atoms with Crippen molar-refractivity contribution in [2.24, 2.45) is 11.3 Å². The van der Waals surface area contributed by atoms with Gasteiger partial charge in [-0.25, -0.2) is 4.79 Å². The maximum atomic E-state index is 12.5. The topological polar surface area (TPSA) is 60.9 Å². The van der Waals surface area contributed by atoms with Crippen molar-refractivity contribution in [3.8, 4) is 0 Å². The molecule has 21 heavy (non-hydrogen) atoms. The summed E-state index contributed by atoms with van der Waals surface area (Å²) in [6.07, 6.45) is -5.55. The molecule has 0 radical (unpaired) electrons. The van der Waals surface area contributed by atoms with Crippen LogP contribution in [-0.4, -0.2) is 58.3 Å². The van der Waals surface area contributed by atoms with E-state index in [1.807, 2.05) is 20.8 Å². The van der Waals surface area contributed by atoms with Crippen LogP contribution in [0.5, 0.6) is 0 Å². The number of rotatable bonds is 0. The van der Waals surface area contributed by atoms with Gasteiger partial charge >= 0.3 is 18.2 Å². The lowest BCUT2D eigenvalue weighted by Crippen LogP contribution is -2.49. The molecule has 3 atom stereocenters. The average molecular weight is 308 g/mol. The van der Waals surface area contributed by atoms with Crippen LogP contribution in [0.3, 0.4) is 0 Å². The molecule has 2 rings (SSSR count). The fraction of sp³-hybridized carbons (Fsp3) is 0.846. The quantitative estimate of drug-likeness (QED) is 0.746. The highest BCUT2D eigenvalue weighted by Gasteiger charge is 2.55. The molecule has 2 amide bonds. The van der Waals surface area contributed by atoms with Crippen molar-refractivity contribution < 1.29 is 27.9 Å². The Balaban J connectivity index is 2.18. The third kappa shape index (κ3) is 2.80. The summed E-state index contributed by atoms with van der Waals surface area (Å²) in [5.74, 6) is -2.11. The Morgan fingerprint density at radius 2 is 1.71 bits per heavy atom. The molecule has 2 aliphatic rings. The molecule has 0 aromatic rings. The van der Waals surface area contributed by atoms with Crippen LogP contribution in [0.1, 0.15) is 27.2 Å². The molecule has 0 aromatic heterocycles. The zero-order chi connectivity index (χ0) is 16.2. The van der Waals surface area contributed by atoms with E-state index in [9.17, 15) is 27.9 Å². The number of carboxylic acid groups (broad SMARTS) is 1. The van der Waals surface area contributed by atoms with Gasteiger partial charge < -0.3 is 10.0 Å². The second-order valence-electron chi connectivity index (χ2n) is 6.84. The zero-order valence-corrected chi connectivity index (χ0v) is 12.1. The van der Waals surface area contributed by atoms with E-state index >= 15 is 0 Å². The van der Waals surface area contributed by atoms with Crippen molar-refractivity contribution in [2.75, 3.05) is 13.1 Å². The highest BCUT2D eigenvalue weighted by Crippen LogP contribution is 2.43. The number of fused-ring (bicyclic) bond motifs is 1. The largest absolute Gasteiger partial charge is 0.471 e. The van der Waals surface area contributed by atoms with Crippen LogP contribution in [0.25, 0.3) is 0 Å². The molecule has 1 unspecified atom stereocenters. The molecule has 5 nitrogen and oxygen atoms in total. The number of likely N-dealkylation sites (tertiary alicyclic amines) is 2. The van der Waals surface area contributed by atoms with Crippen molar-refractivity contribution >= 4 is 12.0 Å². The lowest BCUT2D eigenvalue weighted by molar-refractivity contribution is -0.184. The summed E-state index contributed by atoms with van der Waals surface area (Å²) in [5, 5.41) is 9.38. The van der Waals surface area contributed by atoms with E-state index in [4.69, 9.17) is 0 Å². The van der Waals surface area contributed by atoms with Crippen LogP contribution in [-0.2, 0) is 4.79 Å². The van der Waals surface area contributed by atoms with Crippen molar-refractivity contribution in [1.82, 2.24) is 9.80 Å². The number of amides is 2. The smallest absolute Gasteiger partial charge is 0.465 e. The maximum absolute atomic E-state index is 12.5. The van der Waals surface area contributed by atoms with Gasteiger partial charge in [-0.3, -0.25) is 9.69 Å². The first-order chi connectivity index (χ1) is 9.43. The minimum absolute atomic E-state index is 0.0284. The predicted molar refractivity (Wildman–Crippen MR) is 67.6 cm³/mol. The zero-order valence-electron chi connectivity index (χ0n) is 12.1. The Bertz CT molecular complexity index is 459. The van der Waals surface area contributed by atoms with Crippen LogP contribution < -0.4 is 0 Å². The summed E-state index contributed by atoms with van der Waals surface area (Å²) in [6, 6.07) is -0.786. The van der Waals surface area contributed by atoms with Gasteiger partial charge in [0.1, 0.15) is 0 Å². The molecule has 0 aromatic carbocycles. The normalized spacial score (nSPS) is 29.7.